The first kappa shape index (κ1) is 16.7. The van der Waals surface area contributed by atoms with E-state index < -0.39 is 35.4 Å². The molecule has 2 N–H and O–H groups in total. The van der Waals surface area contributed by atoms with E-state index in [1.165, 1.54) is 18.5 Å². The third-order valence-electron chi connectivity index (χ3n) is 3.59. The summed E-state index contributed by atoms with van der Waals surface area (Å²) in [4.78, 5) is 40.8. The summed E-state index contributed by atoms with van der Waals surface area (Å²) in [6.45, 7) is 0. The Morgan fingerprint density at radius 3 is 2.68 bits per heavy atom. The molecule has 0 bridgehead atoms. The van der Waals surface area contributed by atoms with Crippen LogP contribution in [0.2, 0.25) is 0 Å². The molecule has 25 heavy (non-hydrogen) atoms. The molecule has 0 unspecified atom stereocenters. The van der Waals surface area contributed by atoms with Crippen LogP contribution >= 0.6 is 0 Å². The van der Waals surface area contributed by atoms with Gasteiger partial charge in [0.05, 0.1) is 17.7 Å². The molecule has 7 nitrogen and oxygen atoms in total. The Bertz CT molecular complexity index is 845. The van der Waals surface area contributed by atoms with E-state index in [4.69, 9.17) is 0 Å². The predicted molar refractivity (Wildman–Crippen MR) is 82.1 cm³/mol. The molecule has 0 spiro atoms. The Morgan fingerprint density at radius 2 is 2.00 bits per heavy atom. The number of carbonyl (C=O) groups excluding carboxylic acids is 3. The number of halogens is 2. The quantitative estimate of drug-likeness (QED) is 0.635. The largest absolute Gasteiger partial charge is 0.287 e. The van der Waals surface area contributed by atoms with E-state index >= 15 is 0 Å². The molecule has 128 valence electrons. The molecule has 0 radical (unpaired) electrons. The number of nitrogens with zero attached hydrogens (tertiary/aromatic N) is 2. The molecule has 3 amide bonds. The first-order chi connectivity index (χ1) is 12.0. The number of nitrogens with one attached hydrogen (secondary N) is 2. The second kappa shape index (κ2) is 6.73. The van der Waals surface area contributed by atoms with Crippen molar-refractivity contribution < 1.29 is 23.2 Å². The Morgan fingerprint density at radius 1 is 1.20 bits per heavy atom. The average Bonchev–Trinajstić information content (AvgIpc) is 2.90. The molecule has 1 saturated heterocycles. The summed E-state index contributed by atoms with van der Waals surface area (Å²) in [5.74, 6) is -4.05. The molecule has 0 aliphatic carbocycles. The molecule has 3 rings (SSSR count). The molecule has 2 aromatic rings. The van der Waals surface area contributed by atoms with Crippen molar-refractivity contribution in [3.05, 3.63) is 59.9 Å². The average molecular weight is 346 g/mol. The second-order valence-electron chi connectivity index (χ2n) is 5.26. The summed E-state index contributed by atoms with van der Waals surface area (Å²) in [5.41, 5.74) is 5.00. The lowest BCUT2D eigenvalue weighted by Crippen LogP contribution is -2.48. The Hall–Kier alpha value is -3.20. The van der Waals surface area contributed by atoms with Gasteiger partial charge in [0.15, 0.2) is 11.6 Å². The maximum atomic E-state index is 13.3. The van der Waals surface area contributed by atoms with E-state index in [1.54, 1.807) is 6.07 Å². The van der Waals surface area contributed by atoms with Crippen LogP contribution in [0.3, 0.4) is 0 Å². The minimum atomic E-state index is -1.17. The van der Waals surface area contributed by atoms with Crippen LogP contribution in [0.5, 0.6) is 0 Å². The van der Waals surface area contributed by atoms with Crippen molar-refractivity contribution in [2.45, 2.75) is 12.5 Å². The maximum absolute atomic E-state index is 13.3. The number of aromatic nitrogens is 1. The maximum Gasteiger partial charge on any atom is 0.266 e. The van der Waals surface area contributed by atoms with Gasteiger partial charge >= 0.3 is 0 Å². The number of anilines is 1. The highest BCUT2D eigenvalue weighted by molar-refractivity contribution is 6.22. The summed E-state index contributed by atoms with van der Waals surface area (Å²) in [5, 5.41) is 0. The molecule has 1 aliphatic heterocycles. The number of imide groups is 1. The van der Waals surface area contributed by atoms with Crippen LogP contribution in [0.15, 0.2) is 42.7 Å². The van der Waals surface area contributed by atoms with Gasteiger partial charge in [-0.25, -0.2) is 19.1 Å². The van der Waals surface area contributed by atoms with Crippen LogP contribution in [-0.4, -0.2) is 28.7 Å². The molecule has 1 aromatic heterocycles. The third-order valence-corrected chi connectivity index (χ3v) is 3.59. The van der Waals surface area contributed by atoms with Crippen molar-refractivity contribution in [3.8, 4) is 0 Å². The fraction of sp³-hybridized carbons (Fsp3) is 0.125. The van der Waals surface area contributed by atoms with Crippen LogP contribution in [0.25, 0.3) is 0 Å². The molecule has 1 fully saturated rings. The lowest BCUT2D eigenvalue weighted by molar-refractivity contribution is -0.121. The molecule has 0 saturated carbocycles. The second-order valence-corrected chi connectivity index (χ2v) is 5.26. The number of pyridine rings is 1. The van der Waals surface area contributed by atoms with E-state index in [-0.39, 0.29) is 17.7 Å². The van der Waals surface area contributed by atoms with Gasteiger partial charge in [-0.3, -0.25) is 24.8 Å². The first-order valence-corrected chi connectivity index (χ1v) is 7.25. The highest BCUT2D eigenvalue weighted by atomic mass is 19.2. The van der Waals surface area contributed by atoms with E-state index in [1.807, 2.05) is 0 Å². The van der Waals surface area contributed by atoms with Gasteiger partial charge in [0.1, 0.15) is 6.04 Å². The van der Waals surface area contributed by atoms with Gasteiger partial charge in [-0.2, -0.15) is 0 Å². The summed E-state index contributed by atoms with van der Waals surface area (Å²) in [7, 11) is 0. The topological polar surface area (TPSA) is 91.4 Å². The minimum absolute atomic E-state index is 0.0724. The molecule has 1 aliphatic rings. The molecule has 1 aromatic carbocycles. The number of benzene rings is 1. The molecule has 1 atom stereocenters. The zero-order chi connectivity index (χ0) is 18.0. The van der Waals surface area contributed by atoms with Crippen molar-refractivity contribution in [1.82, 2.24) is 15.8 Å². The van der Waals surface area contributed by atoms with E-state index in [0.29, 0.717) is 0 Å². The van der Waals surface area contributed by atoms with Gasteiger partial charge in [0.25, 0.3) is 11.8 Å². The van der Waals surface area contributed by atoms with Gasteiger partial charge < -0.3 is 0 Å². The summed E-state index contributed by atoms with van der Waals surface area (Å²) < 4.78 is 26.3. The van der Waals surface area contributed by atoms with Crippen LogP contribution in [-0.2, 0) is 9.59 Å². The Labute approximate surface area is 140 Å². The van der Waals surface area contributed by atoms with Crippen molar-refractivity contribution in [1.29, 1.82) is 0 Å². The lowest BCUT2D eigenvalue weighted by atomic mass is 10.2. The zero-order valence-electron chi connectivity index (χ0n) is 12.7. The third kappa shape index (κ3) is 3.36. The fourth-order valence-corrected chi connectivity index (χ4v) is 2.36. The van der Waals surface area contributed by atoms with Crippen molar-refractivity contribution >= 4 is 23.4 Å². The number of rotatable bonds is 4. The van der Waals surface area contributed by atoms with Gasteiger partial charge in [-0.05, 0) is 24.3 Å². The predicted octanol–water partition coefficient (Wildman–Crippen LogP) is 0.926. The van der Waals surface area contributed by atoms with Crippen LogP contribution < -0.4 is 15.8 Å². The summed E-state index contributed by atoms with van der Waals surface area (Å²) in [6.07, 6.45) is 2.61. The smallest absolute Gasteiger partial charge is 0.266 e. The summed E-state index contributed by atoms with van der Waals surface area (Å²) in [6, 6.07) is 4.81. The highest BCUT2D eigenvalue weighted by Gasteiger charge is 2.40. The SMILES string of the molecule is O=C(NN[C@H]1CC(=O)N(c2ccc(F)c(F)c2)C1=O)c1cccnc1. The van der Waals surface area contributed by atoms with Crippen molar-refractivity contribution in [3.63, 3.8) is 0 Å². The van der Waals surface area contributed by atoms with Gasteiger partial charge in [0.2, 0.25) is 5.91 Å². The molecular weight excluding hydrogens is 334 g/mol. The van der Waals surface area contributed by atoms with Crippen LogP contribution in [0.4, 0.5) is 14.5 Å². The van der Waals surface area contributed by atoms with Gasteiger partial charge in [0, 0.05) is 18.5 Å². The zero-order valence-corrected chi connectivity index (χ0v) is 12.7. The fourth-order valence-electron chi connectivity index (χ4n) is 2.36. The highest BCUT2D eigenvalue weighted by Crippen LogP contribution is 2.24. The van der Waals surface area contributed by atoms with Crippen LogP contribution in [0.1, 0.15) is 16.8 Å². The lowest BCUT2D eigenvalue weighted by Gasteiger charge is -2.16. The minimum Gasteiger partial charge on any atom is -0.287 e. The van der Waals surface area contributed by atoms with Gasteiger partial charge in [-0.15, -0.1) is 0 Å². The van der Waals surface area contributed by atoms with E-state index in [9.17, 15) is 23.2 Å². The van der Waals surface area contributed by atoms with E-state index in [0.717, 1.165) is 23.1 Å². The number of hydrogen-bond acceptors (Lipinski definition) is 5. The molecule has 9 heteroatoms. The Kier molecular flexibility index (Phi) is 4.48. The van der Waals surface area contributed by atoms with Crippen molar-refractivity contribution in [2.75, 3.05) is 4.90 Å². The standard InChI is InChI=1S/C16H12F2N4O3/c17-11-4-3-10(6-12(11)18)22-14(23)7-13(16(22)25)20-21-15(24)9-2-1-5-19-8-9/h1-6,8,13,20H,7H2,(H,21,24)/t13-/m0/s1. The number of amides is 3. The van der Waals surface area contributed by atoms with Crippen LogP contribution in [0, 0.1) is 11.6 Å². The van der Waals surface area contributed by atoms with Crippen molar-refractivity contribution in [2.24, 2.45) is 0 Å². The normalized spacial score (nSPS) is 17.0. The molecule has 2 heterocycles. The number of hydrazine groups is 1. The van der Waals surface area contributed by atoms with Gasteiger partial charge in [-0.1, -0.05) is 0 Å². The van der Waals surface area contributed by atoms with E-state index in [2.05, 4.69) is 15.8 Å². The number of hydrogen-bond donors (Lipinski definition) is 2. The number of carbonyl (C=O) groups is 3. The monoisotopic (exact) mass is 346 g/mol. The molecular formula is C16H12F2N4O3. The first-order valence-electron chi connectivity index (χ1n) is 7.25. The Balaban J connectivity index is 1.69. The summed E-state index contributed by atoms with van der Waals surface area (Å²) >= 11 is 0.